The molecule has 0 atom stereocenters. The molecular weight excluding hydrogens is 168 g/mol. The Kier molecular flexibility index (Phi) is 10.7. The number of aliphatic hydroxyl groups excluding tert-OH is 1. The first-order valence-electron chi connectivity index (χ1n) is 4.54. The smallest absolute Gasteiger partial charge is 0.140 e. The van der Waals surface area contributed by atoms with Crippen molar-refractivity contribution < 1.29 is 14.7 Å². The molecule has 0 saturated carbocycles. The minimum atomic E-state index is 0.0515. The van der Waals surface area contributed by atoms with E-state index in [9.17, 15) is 9.59 Å². The monoisotopic (exact) mass is 188 g/mol. The van der Waals surface area contributed by atoms with E-state index in [0.717, 1.165) is 7.11 Å². The molecule has 0 aliphatic rings. The summed E-state index contributed by atoms with van der Waals surface area (Å²) in [6.07, 6.45) is 1.14. The summed E-state index contributed by atoms with van der Waals surface area (Å²) in [5.41, 5.74) is 0. The maximum Gasteiger partial charge on any atom is 0.140 e. The molecule has 0 radical (unpaired) electrons. The summed E-state index contributed by atoms with van der Waals surface area (Å²) in [6.45, 7) is 5.74. The van der Waals surface area contributed by atoms with Gasteiger partial charge in [0.1, 0.15) is 11.6 Å². The Morgan fingerprint density at radius 1 is 1.15 bits per heavy atom. The van der Waals surface area contributed by atoms with Crippen molar-refractivity contribution in [2.75, 3.05) is 7.11 Å². The van der Waals surface area contributed by atoms with E-state index in [1.807, 2.05) is 13.8 Å². The van der Waals surface area contributed by atoms with E-state index < -0.39 is 0 Å². The summed E-state index contributed by atoms with van der Waals surface area (Å²) < 4.78 is 0. The van der Waals surface area contributed by atoms with Gasteiger partial charge in [0.05, 0.1) is 6.42 Å². The minimum Gasteiger partial charge on any atom is -0.400 e. The quantitative estimate of drug-likeness (QED) is 0.666. The van der Waals surface area contributed by atoms with Gasteiger partial charge in [0.2, 0.25) is 0 Å². The minimum absolute atomic E-state index is 0.0515. The third-order valence-corrected chi connectivity index (χ3v) is 1.42. The Hall–Kier alpha value is -0.700. The summed E-state index contributed by atoms with van der Waals surface area (Å²) in [5.74, 6) is 0.495. The number of ketones is 2. The molecule has 0 aromatic carbocycles. The van der Waals surface area contributed by atoms with Gasteiger partial charge in [0.15, 0.2) is 0 Å². The number of carbonyl (C=O) groups excluding carboxylic acids is 2. The van der Waals surface area contributed by atoms with Crippen LogP contribution >= 0.6 is 0 Å². The zero-order chi connectivity index (χ0) is 10.9. The zero-order valence-electron chi connectivity index (χ0n) is 8.96. The van der Waals surface area contributed by atoms with Crippen LogP contribution in [0, 0.1) is 5.92 Å². The van der Waals surface area contributed by atoms with Gasteiger partial charge in [-0.15, -0.1) is 0 Å². The van der Waals surface area contributed by atoms with E-state index >= 15 is 0 Å². The average molecular weight is 188 g/mol. The van der Waals surface area contributed by atoms with Gasteiger partial charge in [-0.05, 0) is 5.92 Å². The number of hydrogen-bond donors (Lipinski definition) is 1. The second-order valence-corrected chi connectivity index (χ2v) is 3.21. The van der Waals surface area contributed by atoms with E-state index in [2.05, 4.69) is 0 Å². The van der Waals surface area contributed by atoms with Crippen LogP contribution in [0.15, 0.2) is 0 Å². The van der Waals surface area contributed by atoms with Crippen LogP contribution in [-0.2, 0) is 9.59 Å². The van der Waals surface area contributed by atoms with E-state index in [1.165, 1.54) is 0 Å². The fourth-order valence-corrected chi connectivity index (χ4v) is 0.872. The van der Waals surface area contributed by atoms with Crippen LogP contribution in [0.5, 0.6) is 0 Å². The SMILES string of the molecule is CCC(=O)CC(=O)CC(C)C.CO. The van der Waals surface area contributed by atoms with Crippen LogP contribution < -0.4 is 0 Å². The highest BCUT2D eigenvalue weighted by molar-refractivity contribution is 5.98. The molecule has 0 heterocycles. The lowest BCUT2D eigenvalue weighted by Gasteiger charge is -2.01. The van der Waals surface area contributed by atoms with Crippen molar-refractivity contribution in [3.05, 3.63) is 0 Å². The lowest BCUT2D eigenvalue weighted by Crippen LogP contribution is -2.08. The van der Waals surface area contributed by atoms with Gasteiger partial charge >= 0.3 is 0 Å². The Balaban J connectivity index is 0. The molecule has 3 heteroatoms. The van der Waals surface area contributed by atoms with Crippen LogP contribution in [0.3, 0.4) is 0 Å². The maximum absolute atomic E-state index is 11.0. The molecule has 0 rings (SSSR count). The van der Waals surface area contributed by atoms with Crippen LogP contribution in [0.4, 0.5) is 0 Å². The molecule has 0 aliphatic heterocycles. The zero-order valence-corrected chi connectivity index (χ0v) is 8.96. The van der Waals surface area contributed by atoms with Crippen LogP contribution in [-0.4, -0.2) is 23.8 Å². The molecule has 1 N–H and O–H groups in total. The summed E-state index contributed by atoms with van der Waals surface area (Å²) >= 11 is 0. The summed E-state index contributed by atoms with van der Waals surface area (Å²) in [7, 11) is 1.00. The third-order valence-electron chi connectivity index (χ3n) is 1.42. The number of hydrogen-bond acceptors (Lipinski definition) is 3. The van der Waals surface area contributed by atoms with Crippen molar-refractivity contribution in [3.8, 4) is 0 Å². The molecule has 78 valence electrons. The number of Topliss-reactive ketones (excluding diaryl/α,β-unsaturated/α-hetero) is 2. The van der Waals surface area contributed by atoms with E-state index in [4.69, 9.17) is 5.11 Å². The molecular formula is C10H20O3. The average Bonchev–Trinajstić information content (AvgIpc) is 2.06. The van der Waals surface area contributed by atoms with E-state index in [0.29, 0.717) is 18.8 Å². The molecule has 0 bridgehead atoms. The molecule has 0 amide bonds. The summed E-state index contributed by atoms with van der Waals surface area (Å²) in [5, 5.41) is 7.00. The largest absolute Gasteiger partial charge is 0.400 e. The number of aliphatic hydroxyl groups is 1. The highest BCUT2D eigenvalue weighted by Gasteiger charge is 2.08. The molecule has 0 saturated heterocycles. The van der Waals surface area contributed by atoms with Crippen molar-refractivity contribution in [3.63, 3.8) is 0 Å². The van der Waals surface area contributed by atoms with Crippen molar-refractivity contribution in [2.45, 2.75) is 40.0 Å². The standard InChI is InChI=1S/C9H16O2.CH4O/c1-4-8(10)6-9(11)5-7(2)3;1-2/h7H,4-6H2,1-3H3;2H,1H3. The fourth-order valence-electron chi connectivity index (χ4n) is 0.872. The van der Waals surface area contributed by atoms with Crippen molar-refractivity contribution in [2.24, 2.45) is 5.92 Å². The van der Waals surface area contributed by atoms with Gasteiger partial charge < -0.3 is 5.11 Å². The van der Waals surface area contributed by atoms with E-state index in [1.54, 1.807) is 6.92 Å². The molecule has 3 nitrogen and oxygen atoms in total. The first kappa shape index (κ1) is 14.8. The number of rotatable bonds is 5. The van der Waals surface area contributed by atoms with Crippen molar-refractivity contribution >= 4 is 11.6 Å². The molecule has 0 unspecified atom stereocenters. The molecule has 0 spiro atoms. The van der Waals surface area contributed by atoms with Crippen molar-refractivity contribution in [1.82, 2.24) is 0 Å². The van der Waals surface area contributed by atoms with Crippen LogP contribution in [0.25, 0.3) is 0 Å². The van der Waals surface area contributed by atoms with Gasteiger partial charge in [-0.25, -0.2) is 0 Å². The third kappa shape index (κ3) is 11.3. The summed E-state index contributed by atoms with van der Waals surface area (Å²) in [4.78, 5) is 21.8. The second-order valence-electron chi connectivity index (χ2n) is 3.21. The Labute approximate surface area is 80.1 Å². The molecule has 0 aliphatic carbocycles. The van der Waals surface area contributed by atoms with Crippen LogP contribution in [0.1, 0.15) is 40.0 Å². The highest BCUT2D eigenvalue weighted by atomic mass is 16.2. The van der Waals surface area contributed by atoms with Crippen molar-refractivity contribution in [1.29, 1.82) is 0 Å². The Morgan fingerprint density at radius 2 is 1.62 bits per heavy atom. The number of carbonyl (C=O) groups is 2. The van der Waals surface area contributed by atoms with Gasteiger partial charge in [0, 0.05) is 20.0 Å². The van der Waals surface area contributed by atoms with Gasteiger partial charge in [-0.1, -0.05) is 20.8 Å². The lowest BCUT2D eigenvalue weighted by atomic mass is 10.0. The lowest BCUT2D eigenvalue weighted by molar-refractivity contribution is -0.127. The van der Waals surface area contributed by atoms with Gasteiger partial charge in [0.25, 0.3) is 0 Å². The van der Waals surface area contributed by atoms with Gasteiger partial charge in [-0.3, -0.25) is 9.59 Å². The first-order valence-corrected chi connectivity index (χ1v) is 4.54. The molecule has 13 heavy (non-hydrogen) atoms. The molecule has 0 aromatic heterocycles. The Morgan fingerprint density at radius 3 is 1.92 bits per heavy atom. The highest BCUT2D eigenvalue weighted by Crippen LogP contribution is 2.03. The molecule has 0 aromatic rings. The fraction of sp³-hybridized carbons (Fsp3) is 0.800. The second kappa shape index (κ2) is 9.39. The summed E-state index contributed by atoms with van der Waals surface area (Å²) in [6, 6.07) is 0. The topological polar surface area (TPSA) is 54.4 Å². The maximum atomic E-state index is 11.0. The molecule has 0 fully saturated rings. The predicted molar refractivity (Wildman–Crippen MR) is 52.5 cm³/mol. The normalized spacial score (nSPS) is 9.08. The van der Waals surface area contributed by atoms with Gasteiger partial charge in [-0.2, -0.15) is 0 Å². The van der Waals surface area contributed by atoms with Crippen LogP contribution in [0.2, 0.25) is 0 Å². The Bertz CT molecular complexity index is 150. The predicted octanol–water partition coefficient (Wildman–Crippen LogP) is 1.58. The van der Waals surface area contributed by atoms with E-state index in [-0.39, 0.29) is 18.0 Å². The first-order chi connectivity index (χ1) is 6.06.